The lowest BCUT2D eigenvalue weighted by Gasteiger charge is -2.23. The second kappa shape index (κ2) is 4.90. The van der Waals surface area contributed by atoms with E-state index in [9.17, 15) is 9.59 Å². The normalized spacial score (nSPS) is 15.1. The number of nitrogens with one attached hydrogen (secondary N) is 1. The molecule has 6 heteroatoms. The molecule has 90 valence electrons. The number of nitrogens with zero attached hydrogens (tertiary/aromatic N) is 2. The van der Waals surface area contributed by atoms with E-state index in [0.29, 0.717) is 5.69 Å². The van der Waals surface area contributed by atoms with Crippen LogP contribution in [0.25, 0.3) is 0 Å². The van der Waals surface area contributed by atoms with Crippen LogP contribution in [0.3, 0.4) is 0 Å². The summed E-state index contributed by atoms with van der Waals surface area (Å²) in [4.78, 5) is 30.2. The van der Waals surface area contributed by atoms with Gasteiger partial charge < -0.3 is 5.11 Å². The second-order valence-corrected chi connectivity index (χ2v) is 4.05. The fourth-order valence-electron chi connectivity index (χ4n) is 1.74. The van der Waals surface area contributed by atoms with Gasteiger partial charge in [0.25, 0.3) is 0 Å². The number of hydrogen-bond acceptors (Lipinski definition) is 4. The largest absolute Gasteiger partial charge is 0.465 e. The van der Waals surface area contributed by atoms with Crippen molar-refractivity contribution >= 4 is 17.7 Å². The standard InChI is InChI=1S/C11H13N3O3/c15-9(7-2-1-3-7)6-8-10(14-11(16)17)13-5-4-12-8/h4-5,7H,1-3,6H2,(H,13,14)(H,16,17). The number of carbonyl (C=O) groups excluding carboxylic acids is 1. The van der Waals surface area contributed by atoms with Gasteiger partial charge in [-0.15, -0.1) is 0 Å². The topological polar surface area (TPSA) is 92.2 Å². The third-order valence-electron chi connectivity index (χ3n) is 2.90. The molecule has 0 saturated heterocycles. The fraction of sp³-hybridized carbons (Fsp3) is 0.455. The Kier molecular flexibility index (Phi) is 3.32. The molecule has 1 aliphatic rings. The van der Waals surface area contributed by atoms with Crippen molar-refractivity contribution in [1.29, 1.82) is 0 Å². The zero-order valence-corrected chi connectivity index (χ0v) is 9.22. The Balaban J connectivity index is 2.08. The molecule has 0 radical (unpaired) electrons. The maximum absolute atomic E-state index is 11.8. The van der Waals surface area contributed by atoms with Crippen molar-refractivity contribution in [3.8, 4) is 0 Å². The predicted molar refractivity (Wildman–Crippen MR) is 59.7 cm³/mol. The Morgan fingerprint density at radius 2 is 2.06 bits per heavy atom. The molecular weight excluding hydrogens is 222 g/mol. The molecule has 1 amide bonds. The van der Waals surface area contributed by atoms with Crippen LogP contribution in [0.15, 0.2) is 12.4 Å². The summed E-state index contributed by atoms with van der Waals surface area (Å²) in [5.41, 5.74) is 0.395. The second-order valence-electron chi connectivity index (χ2n) is 4.05. The van der Waals surface area contributed by atoms with E-state index >= 15 is 0 Å². The first-order chi connectivity index (χ1) is 8.16. The van der Waals surface area contributed by atoms with Crippen LogP contribution in [0.2, 0.25) is 0 Å². The van der Waals surface area contributed by atoms with E-state index in [1.54, 1.807) is 0 Å². The van der Waals surface area contributed by atoms with Gasteiger partial charge in [0.15, 0.2) is 5.82 Å². The lowest BCUT2D eigenvalue weighted by molar-refractivity contribution is -0.124. The number of carbonyl (C=O) groups is 2. The van der Waals surface area contributed by atoms with Gasteiger partial charge >= 0.3 is 6.09 Å². The third kappa shape index (κ3) is 2.77. The van der Waals surface area contributed by atoms with Crippen LogP contribution in [0, 0.1) is 5.92 Å². The Morgan fingerprint density at radius 3 is 2.65 bits per heavy atom. The smallest absolute Gasteiger partial charge is 0.410 e. The van der Waals surface area contributed by atoms with E-state index in [-0.39, 0.29) is 23.9 Å². The summed E-state index contributed by atoms with van der Waals surface area (Å²) < 4.78 is 0. The van der Waals surface area contributed by atoms with Gasteiger partial charge in [0.1, 0.15) is 5.78 Å². The molecule has 1 heterocycles. The molecule has 1 aromatic rings. The van der Waals surface area contributed by atoms with Gasteiger partial charge in [-0.05, 0) is 12.8 Å². The Morgan fingerprint density at radius 1 is 1.35 bits per heavy atom. The van der Waals surface area contributed by atoms with E-state index in [1.807, 2.05) is 0 Å². The number of amides is 1. The van der Waals surface area contributed by atoms with E-state index in [1.165, 1.54) is 12.4 Å². The fourth-order valence-corrected chi connectivity index (χ4v) is 1.74. The summed E-state index contributed by atoms with van der Waals surface area (Å²) in [5.74, 6) is 0.382. The van der Waals surface area contributed by atoms with Crippen LogP contribution in [-0.4, -0.2) is 27.0 Å². The number of ketones is 1. The van der Waals surface area contributed by atoms with E-state index < -0.39 is 6.09 Å². The van der Waals surface area contributed by atoms with Crippen molar-refractivity contribution in [2.75, 3.05) is 5.32 Å². The maximum atomic E-state index is 11.8. The van der Waals surface area contributed by atoms with Gasteiger partial charge in [0, 0.05) is 18.3 Å². The van der Waals surface area contributed by atoms with E-state index in [2.05, 4.69) is 15.3 Å². The summed E-state index contributed by atoms with van der Waals surface area (Å²) in [6.07, 6.45) is 4.74. The average Bonchev–Trinajstić information content (AvgIpc) is 2.17. The first-order valence-electron chi connectivity index (χ1n) is 5.49. The van der Waals surface area contributed by atoms with Gasteiger partial charge in [-0.1, -0.05) is 6.42 Å². The Bertz CT molecular complexity index is 443. The quantitative estimate of drug-likeness (QED) is 0.824. The average molecular weight is 235 g/mol. The molecule has 0 unspecified atom stereocenters. The minimum Gasteiger partial charge on any atom is -0.465 e. The van der Waals surface area contributed by atoms with Crippen molar-refractivity contribution < 1.29 is 14.7 Å². The van der Waals surface area contributed by atoms with Crippen molar-refractivity contribution in [3.63, 3.8) is 0 Å². The molecule has 0 atom stereocenters. The zero-order valence-electron chi connectivity index (χ0n) is 9.22. The number of hydrogen-bond donors (Lipinski definition) is 2. The SMILES string of the molecule is O=C(O)Nc1nccnc1CC(=O)C1CCC1. The predicted octanol–water partition coefficient (Wildman–Crippen LogP) is 1.48. The molecule has 1 aromatic heterocycles. The van der Waals surface area contributed by atoms with Crippen LogP contribution in [0.1, 0.15) is 25.0 Å². The number of Topliss-reactive ketones (excluding diaryl/α,β-unsaturated/α-hetero) is 1. The van der Waals surface area contributed by atoms with E-state index in [0.717, 1.165) is 19.3 Å². The molecule has 1 aliphatic carbocycles. The number of carboxylic acid groups (broad SMARTS) is 1. The lowest BCUT2D eigenvalue weighted by atomic mass is 9.81. The first kappa shape index (κ1) is 11.5. The highest BCUT2D eigenvalue weighted by Gasteiger charge is 2.26. The molecule has 2 rings (SSSR count). The van der Waals surface area contributed by atoms with Crippen molar-refractivity contribution in [2.45, 2.75) is 25.7 Å². The van der Waals surface area contributed by atoms with Crippen LogP contribution < -0.4 is 5.32 Å². The maximum Gasteiger partial charge on any atom is 0.410 e. The van der Waals surface area contributed by atoms with Crippen LogP contribution in [0.4, 0.5) is 10.6 Å². The Labute approximate surface area is 98.1 Å². The molecule has 17 heavy (non-hydrogen) atoms. The molecule has 1 fully saturated rings. The minimum absolute atomic E-state index is 0.116. The van der Waals surface area contributed by atoms with E-state index in [4.69, 9.17) is 5.11 Å². The number of aromatic nitrogens is 2. The van der Waals surface area contributed by atoms with Gasteiger partial charge in [-0.3, -0.25) is 15.1 Å². The number of rotatable bonds is 4. The highest BCUT2D eigenvalue weighted by molar-refractivity contribution is 5.87. The molecular formula is C11H13N3O3. The molecule has 1 saturated carbocycles. The van der Waals surface area contributed by atoms with Crippen molar-refractivity contribution in [1.82, 2.24) is 9.97 Å². The first-order valence-corrected chi connectivity index (χ1v) is 5.49. The van der Waals surface area contributed by atoms with Crippen molar-refractivity contribution in [2.24, 2.45) is 5.92 Å². The molecule has 0 spiro atoms. The van der Waals surface area contributed by atoms with Gasteiger partial charge in [-0.2, -0.15) is 0 Å². The van der Waals surface area contributed by atoms with Gasteiger partial charge in [-0.25, -0.2) is 9.78 Å². The zero-order chi connectivity index (χ0) is 12.3. The number of anilines is 1. The van der Waals surface area contributed by atoms with Crippen LogP contribution >= 0.6 is 0 Å². The highest BCUT2D eigenvalue weighted by atomic mass is 16.4. The Hall–Kier alpha value is -1.98. The molecule has 0 bridgehead atoms. The summed E-state index contributed by atoms with van der Waals surface area (Å²) in [6.45, 7) is 0. The summed E-state index contributed by atoms with van der Waals surface area (Å²) in [5, 5.41) is 10.8. The summed E-state index contributed by atoms with van der Waals surface area (Å²) >= 11 is 0. The molecule has 6 nitrogen and oxygen atoms in total. The van der Waals surface area contributed by atoms with Crippen LogP contribution in [-0.2, 0) is 11.2 Å². The lowest BCUT2D eigenvalue weighted by Crippen LogP contribution is -2.24. The summed E-state index contributed by atoms with van der Waals surface area (Å²) in [7, 11) is 0. The van der Waals surface area contributed by atoms with Gasteiger partial charge in [0.2, 0.25) is 0 Å². The van der Waals surface area contributed by atoms with Gasteiger partial charge in [0.05, 0.1) is 12.1 Å². The monoisotopic (exact) mass is 235 g/mol. The highest BCUT2D eigenvalue weighted by Crippen LogP contribution is 2.28. The van der Waals surface area contributed by atoms with Crippen molar-refractivity contribution in [3.05, 3.63) is 18.1 Å². The minimum atomic E-state index is -1.21. The summed E-state index contributed by atoms with van der Waals surface area (Å²) in [6, 6.07) is 0. The molecule has 2 N–H and O–H groups in total. The van der Waals surface area contributed by atoms with Crippen LogP contribution in [0.5, 0.6) is 0 Å². The molecule has 0 aliphatic heterocycles. The molecule has 0 aromatic carbocycles. The third-order valence-corrected chi connectivity index (χ3v) is 2.90.